The van der Waals surface area contributed by atoms with E-state index in [1.807, 2.05) is 53.7 Å². The highest BCUT2D eigenvalue weighted by molar-refractivity contribution is 6.06. The van der Waals surface area contributed by atoms with E-state index < -0.39 is 11.8 Å². The molecule has 8 nitrogen and oxygen atoms in total. The zero-order chi connectivity index (χ0) is 20.2. The SMILES string of the molecule is NNC(=O)c1ccccc1C(=O)NN.c1cc[nH]c1.c1ccc2[nH]ccc2c1. The van der Waals surface area contributed by atoms with Crippen LogP contribution in [0.2, 0.25) is 0 Å². The number of aromatic nitrogens is 2. The highest BCUT2D eigenvalue weighted by Gasteiger charge is 2.14. The van der Waals surface area contributed by atoms with Crippen molar-refractivity contribution >= 4 is 22.7 Å². The quantitative estimate of drug-likeness (QED) is 0.180. The van der Waals surface area contributed by atoms with E-state index in [0.717, 1.165) is 0 Å². The van der Waals surface area contributed by atoms with Gasteiger partial charge >= 0.3 is 0 Å². The van der Waals surface area contributed by atoms with Crippen LogP contribution < -0.4 is 22.5 Å². The Hall–Kier alpha value is -3.88. The molecule has 0 aliphatic rings. The van der Waals surface area contributed by atoms with E-state index >= 15 is 0 Å². The number of aromatic amines is 2. The highest BCUT2D eigenvalue weighted by Crippen LogP contribution is 2.09. The number of benzene rings is 2. The fraction of sp³-hybridized carbons (Fsp3) is 0. The number of carbonyl (C=O) groups is 2. The third-order valence-electron chi connectivity index (χ3n) is 3.64. The molecule has 4 rings (SSSR count). The van der Waals surface area contributed by atoms with Crippen LogP contribution in [-0.4, -0.2) is 21.8 Å². The summed E-state index contributed by atoms with van der Waals surface area (Å²) in [6.45, 7) is 0. The lowest BCUT2D eigenvalue weighted by Gasteiger charge is -2.05. The first-order valence-electron chi connectivity index (χ1n) is 8.38. The number of nitrogens with two attached hydrogens (primary N) is 2. The molecule has 0 aliphatic heterocycles. The van der Waals surface area contributed by atoms with Gasteiger partial charge in [0, 0.05) is 24.1 Å². The van der Waals surface area contributed by atoms with Gasteiger partial charge in [-0.2, -0.15) is 0 Å². The van der Waals surface area contributed by atoms with Gasteiger partial charge in [0.2, 0.25) is 0 Å². The van der Waals surface area contributed by atoms with Crippen molar-refractivity contribution in [3.05, 3.63) is 96.4 Å². The lowest BCUT2D eigenvalue weighted by molar-refractivity contribution is 0.0919. The number of nitrogen functional groups attached to an aromatic ring is 2. The van der Waals surface area contributed by atoms with Gasteiger partial charge in [0.05, 0.1) is 11.1 Å². The Kier molecular flexibility index (Phi) is 8.00. The van der Waals surface area contributed by atoms with Crippen LogP contribution in [0.25, 0.3) is 10.9 Å². The molecule has 144 valence electrons. The van der Waals surface area contributed by atoms with Gasteiger partial charge in [0.25, 0.3) is 11.8 Å². The third kappa shape index (κ3) is 5.84. The number of nitrogens with one attached hydrogen (secondary N) is 4. The molecule has 0 unspecified atom stereocenters. The van der Waals surface area contributed by atoms with Crippen LogP contribution in [0.4, 0.5) is 0 Å². The van der Waals surface area contributed by atoms with Crippen molar-refractivity contribution in [1.82, 2.24) is 20.8 Å². The van der Waals surface area contributed by atoms with Crippen molar-refractivity contribution in [2.75, 3.05) is 0 Å². The maximum atomic E-state index is 11.2. The van der Waals surface area contributed by atoms with E-state index in [0.29, 0.717) is 0 Å². The van der Waals surface area contributed by atoms with E-state index in [4.69, 9.17) is 11.7 Å². The average Bonchev–Trinajstić information content (AvgIpc) is 3.48. The van der Waals surface area contributed by atoms with Gasteiger partial charge in [0.15, 0.2) is 0 Å². The number of hydrogen-bond donors (Lipinski definition) is 6. The Morgan fingerprint density at radius 3 is 1.68 bits per heavy atom. The van der Waals surface area contributed by atoms with Crippen LogP contribution in [-0.2, 0) is 0 Å². The van der Waals surface area contributed by atoms with E-state index in [1.165, 1.54) is 23.0 Å². The van der Waals surface area contributed by atoms with Gasteiger partial charge in [-0.3, -0.25) is 20.4 Å². The fourth-order valence-electron chi connectivity index (χ4n) is 2.31. The first-order chi connectivity index (χ1) is 13.7. The van der Waals surface area contributed by atoms with Gasteiger partial charge in [0.1, 0.15) is 0 Å². The third-order valence-corrected chi connectivity index (χ3v) is 3.64. The van der Waals surface area contributed by atoms with E-state index in [-0.39, 0.29) is 11.1 Å². The van der Waals surface area contributed by atoms with Crippen LogP contribution in [0.15, 0.2) is 85.3 Å². The number of para-hydroxylation sites is 1. The summed E-state index contributed by atoms with van der Waals surface area (Å²) in [6, 6.07) is 20.4. The normalized spacial score (nSPS) is 9.36. The average molecular weight is 378 g/mol. The van der Waals surface area contributed by atoms with Crippen LogP contribution in [0.1, 0.15) is 20.7 Å². The molecule has 4 aromatic rings. The number of amides is 2. The standard InChI is InChI=1S/C8H10N4O2.C8H7N.C4H5N/c9-11-7(13)5-3-1-2-4-6(5)8(14)12-10;1-2-4-8-7(3-1)5-6-9-8;1-2-4-5-3-1/h1-4H,9-10H2,(H,11,13)(H,12,14);1-6,9H;1-5H. The summed E-state index contributed by atoms with van der Waals surface area (Å²) in [5, 5.41) is 1.28. The Bertz CT molecular complexity index is 912. The Balaban J connectivity index is 0.000000169. The van der Waals surface area contributed by atoms with Gasteiger partial charge in [-0.25, -0.2) is 11.7 Å². The molecule has 0 saturated heterocycles. The van der Waals surface area contributed by atoms with Crippen LogP contribution in [0.5, 0.6) is 0 Å². The Morgan fingerprint density at radius 1 is 0.679 bits per heavy atom. The van der Waals surface area contributed by atoms with E-state index in [2.05, 4.69) is 28.2 Å². The maximum Gasteiger partial charge on any atom is 0.265 e. The Morgan fingerprint density at radius 2 is 1.21 bits per heavy atom. The molecule has 2 amide bonds. The van der Waals surface area contributed by atoms with Gasteiger partial charge in [-0.05, 0) is 41.8 Å². The molecule has 0 spiro atoms. The molecule has 2 aromatic carbocycles. The minimum atomic E-state index is -0.538. The highest BCUT2D eigenvalue weighted by atomic mass is 16.2. The summed E-state index contributed by atoms with van der Waals surface area (Å²) in [4.78, 5) is 28.4. The molecule has 0 saturated carbocycles. The minimum Gasteiger partial charge on any atom is -0.368 e. The first kappa shape index (κ1) is 20.4. The monoisotopic (exact) mass is 378 g/mol. The molecule has 2 aromatic heterocycles. The molecule has 0 fully saturated rings. The smallest absolute Gasteiger partial charge is 0.265 e. The molecule has 8 heteroatoms. The molecule has 2 heterocycles. The number of hydrogen-bond acceptors (Lipinski definition) is 4. The summed E-state index contributed by atoms with van der Waals surface area (Å²) in [7, 11) is 0. The minimum absolute atomic E-state index is 0.179. The summed E-state index contributed by atoms with van der Waals surface area (Å²) in [6.07, 6.45) is 5.70. The molecule has 0 atom stereocenters. The van der Waals surface area contributed by atoms with Crippen LogP contribution in [0, 0.1) is 0 Å². The number of fused-ring (bicyclic) bond motifs is 1. The second-order valence-electron chi connectivity index (χ2n) is 5.44. The number of hydrazine groups is 2. The topological polar surface area (TPSA) is 142 Å². The molecule has 0 aliphatic carbocycles. The summed E-state index contributed by atoms with van der Waals surface area (Å²) in [5.74, 6) is 8.83. The molecule has 0 bridgehead atoms. The molecule has 8 N–H and O–H groups in total. The van der Waals surface area contributed by atoms with Gasteiger partial charge in [-0.15, -0.1) is 0 Å². The van der Waals surface area contributed by atoms with Crippen molar-refractivity contribution in [3.8, 4) is 0 Å². The number of rotatable bonds is 2. The van der Waals surface area contributed by atoms with E-state index in [9.17, 15) is 9.59 Å². The van der Waals surface area contributed by atoms with Gasteiger partial charge < -0.3 is 9.97 Å². The van der Waals surface area contributed by atoms with E-state index in [1.54, 1.807) is 12.1 Å². The zero-order valence-electron chi connectivity index (χ0n) is 15.1. The molecular formula is C20H22N6O2. The predicted molar refractivity (Wildman–Crippen MR) is 109 cm³/mol. The second kappa shape index (κ2) is 11.0. The summed E-state index contributed by atoms with van der Waals surface area (Å²) in [5.41, 5.74) is 5.45. The fourth-order valence-corrected chi connectivity index (χ4v) is 2.31. The number of H-pyrrole nitrogens is 2. The first-order valence-corrected chi connectivity index (χ1v) is 8.38. The predicted octanol–water partition coefficient (Wildman–Crippen LogP) is 2.08. The molecule has 0 radical (unpaired) electrons. The van der Waals surface area contributed by atoms with Gasteiger partial charge in [-0.1, -0.05) is 30.3 Å². The lowest BCUT2D eigenvalue weighted by atomic mass is 10.1. The van der Waals surface area contributed by atoms with Crippen molar-refractivity contribution < 1.29 is 9.59 Å². The Labute approximate surface area is 161 Å². The summed E-state index contributed by atoms with van der Waals surface area (Å²) < 4.78 is 0. The second-order valence-corrected chi connectivity index (χ2v) is 5.44. The summed E-state index contributed by atoms with van der Waals surface area (Å²) >= 11 is 0. The number of carbonyl (C=O) groups excluding carboxylic acids is 2. The van der Waals surface area contributed by atoms with Crippen molar-refractivity contribution in [3.63, 3.8) is 0 Å². The molecular weight excluding hydrogens is 356 g/mol. The lowest BCUT2D eigenvalue weighted by Crippen LogP contribution is -2.35. The molecule has 28 heavy (non-hydrogen) atoms. The maximum absolute atomic E-state index is 11.2. The van der Waals surface area contributed by atoms with Crippen molar-refractivity contribution in [1.29, 1.82) is 0 Å². The van der Waals surface area contributed by atoms with Crippen LogP contribution >= 0.6 is 0 Å². The van der Waals surface area contributed by atoms with Crippen LogP contribution in [0.3, 0.4) is 0 Å². The largest absolute Gasteiger partial charge is 0.368 e. The van der Waals surface area contributed by atoms with Crippen molar-refractivity contribution in [2.45, 2.75) is 0 Å². The zero-order valence-corrected chi connectivity index (χ0v) is 15.1. The van der Waals surface area contributed by atoms with Crippen molar-refractivity contribution in [2.24, 2.45) is 11.7 Å².